The van der Waals surface area contributed by atoms with Crippen LogP contribution in [0.2, 0.25) is 0 Å². The van der Waals surface area contributed by atoms with Gasteiger partial charge in [-0.15, -0.1) is 0 Å². The first-order valence-electron chi connectivity index (χ1n) is 10.0. The van der Waals surface area contributed by atoms with Crippen LogP contribution in [0.3, 0.4) is 0 Å². The zero-order valence-corrected chi connectivity index (χ0v) is 17.1. The van der Waals surface area contributed by atoms with Gasteiger partial charge in [-0.25, -0.2) is 4.98 Å². The molecule has 1 aromatic heterocycles. The highest BCUT2D eigenvalue weighted by Gasteiger charge is 2.09. The SMILES string of the molecule is CCCn1c(CNCc2cccc(CN(C)C(C)C)c2)nc2ccccc21. The normalized spacial score (nSPS) is 11.8. The molecule has 0 aliphatic heterocycles. The fraction of sp³-hybridized carbons (Fsp3) is 0.435. The van der Waals surface area contributed by atoms with E-state index in [-0.39, 0.29) is 0 Å². The fourth-order valence-electron chi connectivity index (χ4n) is 3.36. The Bertz CT molecular complexity index is 866. The minimum Gasteiger partial charge on any atom is -0.327 e. The molecule has 3 aromatic rings. The number of hydrogen-bond acceptors (Lipinski definition) is 3. The minimum atomic E-state index is 0.554. The first-order valence-corrected chi connectivity index (χ1v) is 10.0. The van der Waals surface area contributed by atoms with Crippen molar-refractivity contribution in [2.24, 2.45) is 0 Å². The lowest BCUT2D eigenvalue weighted by molar-refractivity contribution is 0.266. The van der Waals surface area contributed by atoms with Crippen molar-refractivity contribution >= 4 is 11.0 Å². The van der Waals surface area contributed by atoms with Gasteiger partial charge in [-0.3, -0.25) is 4.90 Å². The summed E-state index contributed by atoms with van der Waals surface area (Å²) in [6.07, 6.45) is 1.11. The maximum Gasteiger partial charge on any atom is 0.123 e. The number of hydrogen-bond donors (Lipinski definition) is 1. The Labute approximate surface area is 163 Å². The summed E-state index contributed by atoms with van der Waals surface area (Å²) >= 11 is 0. The maximum atomic E-state index is 4.83. The third-order valence-corrected chi connectivity index (χ3v) is 5.10. The second-order valence-corrected chi connectivity index (χ2v) is 7.60. The summed E-state index contributed by atoms with van der Waals surface area (Å²) in [6.45, 7) is 10.3. The van der Waals surface area contributed by atoms with Crippen LogP contribution in [-0.2, 0) is 26.2 Å². The zero-order chi connectivity index (χ0) is 19.2. The molecule has 0 radical (unpaired) electrons. The van der Waals surface area contributed by atoms with Gasteiger partial charge < -0.3 is 9.88 Å². The van der Waals surface area contributed by atoms with Gasteiger partial charge in [0.1, 0.15) is 5.82 Å². The van der Waals surface area contributed by atoms with Gasteiger partial charge in [-0.2, -0.15) is 0 Å². The third-order valence-electron chi connectivity index (χ3n) is 5.10. The Balaban J connectivity index is 1.65. The van der Waals surface area contributed by atoms with E-state index in [4.69, 9.17) is 4.98 Å². The van der Waals surface area contributed by atoms with Crippen LogP contribution in [-0.4, -0.2) is 27.5 Å². The Morgan fingerprint density at radius 1 is 1.04 bits per heavy atom. The zero-order valence-electron chi connectivity index (χ0n) is 17.1. The highest BCUT2D eigenvalue weighted by molar-refractivity contribution is 5.75. The summed E-state index contributed by atoms with van der Waals surface area (Å²) < 4.78 is 2.34. The van der Waals surface area contributed by atoms with Gasteiger partial charge in [-0.05, 0) is 50.6 Å². The van der Waals surface area contributed by atoms with E-state index in [1.807, 2.05) is 0 Å². The molecular weight excluding hydrogens is 332 g/mol. The number of aryl methyl sites for hydroxylation is 1. The number of para-hydroxylation sites is 2. The smallest absolute Gasteiger partial charge is 0.123 e. The van der Waals surface area contributed by atoms with Crippen LogP contribution in [0, 0.1) is 0 Å². The van der Waals surface area contributed by atoms with Crippen LogP contribution in [0.25, 0.3) is 11.0 Å². The van der Waals surface area contributed by atoms with Crippen LogP contribution in [0.4, 0.5) is 0 Å². The van der Waals surface area contributed by atoms with Gasteiger partial charge in [0.15, 0.2) is 0 Å². The molecule has 0 aliphatic carbocycles. The van der Waals surface area contributed by atoms with Gasteiger partial charge in [0.2, 0.25) is 0 Å². The Morgan fingerprint density at radius 2 is 1.81 bits per heavy atom. The van der Waals surface area contributed by atoms with Crippen LogP contribution in [0.5, 0.6) is 0 Å². The number of nitrogens with one attached hydrogen (secondary N) is 1. The fourth-order valence-corrected chi connectivity index (χ4v) is 3.36. The predicted octanol–water partition coefficient (Wildman–Crippen LogP) is 4.58. The van der Waals surface area contributed by atoms with E-state index in [1.165, 1.54) is 16.6 Å². The second kappa shape index (κ2) is 9.16. The molecule has 2 aromatic carbocycles. The number of benzene rings is 2. The van der Waals surface area contributed by atoms with Crippen molar-refractivity contribution in [2.75, 3.05) is 7.05 Å². The van der Waals surface area contributed by atoms with Crippen LogP contribution in [0.1, 0.15) is 44.1 Å². The van der Waals surface area contributed by atoms with Gasteiger partial charge in [-0.1, -0.05) is 43.3 Å². The molecule has 0 spiro atoms. The minimum absolute atomic E-state index is 0.554. The molecule has 1 N–H and O–H groups in total. The first kappa shape index (κ1) is 19.6. The molecule has 4 heteroatoms. The van der Waals surface area contributed by atoms with Crippen LogP contribution < -0.4 is 5.32 Å². The molecule has 0 amide bonds. The lowest BCUT2D eigenvalue weighted by Gasteiger charge is -2.21. The quantitative estimate of drug-likeness (QED) is 0.603. The topological polar surface area (TPSA) is 33.1 Å². The van der Waals surface area contributed by atoms with E-state index < -0.39 is 0 Å². The van der Waals surface area contributed by atoms with Crippen molar-refractivity contribution in [1.82, 2.24) is 19.8 Å². The third kappa shape index (κ3) is 4.96. The number of nitrogens with zero attached hydrogens (tertiary/aromatic N) is 3. The molecule has 3 rings (SSSR count). The molecule has 144 valence electrons. The summed E-state index contributed by atoms with van der Waals surface area (Å²) in [5.74, 6) is 1.12. The Kier molecular flexibility index (Phi) is 6.64. The van der Waals surface area contributed by atoms with Crippen molar-refractivity contribution in [2.45, 2.75) is 59.4 Å². The van der Waals surface area contributed by atoms with Crippen molar-refractivity contribution in [1.29, 1.82) is 0 Å². The molecule has 1 heterocycles. The van der Waals surface area contributed by atoms with E-state index >= 15 is 0 Å². The molecule has 0 unspecified atom stereocenters. The monoisotopic (exact) mass is 364 g/mol. The van der Waals surface area contributed by atoms with E-state index in [1.54, 1.807) is 0 Å². The largest absolute Gasteiger partial charge is 0.327 e. The molecule has 0 saturated heterocycles. The highest BCUT2D eigenvalue weighted by atomic mass is 15.1. The average Bonchev–Trinajstić information content (AvgIpc) is 3.00. The van der Waals surface area contributed by atoms with E-state index in [2.05, 4.69) is 91.1 Å². The molecule has 0 aliphatic rings. The lowest BCUT2D eigenvalue weighted by Crippen LogP contribution is -2.25. The van der Waals surface area contributed by atoms with Crippen LogP contribution in [0.15, 0.2) is 48.5 Å². The van der Waals surface area contributed by atoms with Crippen molar-refractivity contribution in [3.8, 4) is 0 Å². The number of rotatable bonds is 9. The van der Waals surface area contributed by atoms with Gasteiger partial charge in [0.05, 0.1) is 17.6 Å². The Hall–Kier alpha value is -2.17. The highest BCUT2D eigenvalue weighted by Crippen LogP contribution is 2.17. The van der Waals surface area contributed by atoms with E-state index in [0.717, 1.165) is 43.9 Å². The molecule has 0 bridgehead atoms. The van der Waals surface area contributed by atoms with Gasteiger partial charge in [0, 0.05) is 25.7 Å². The van der Waals surface area contributed by atoms with Crippen LogP contribution >= 0.6 is 0 Å². The summed E-state index contributed by atoms with van der Waals surface area (Å²) in [4.78, 5) is 7.19. The van der Waals surface area contributed by atoms with E-state index in [9.17, 15) is 0 Å². The molecular formula is C23H32N4. The standard InChI is InChI=1S/C23H32N4/c1-5-13-27-22-12-7-6-11-21(22)25-23(27)16-24-15-19-9-8-10-20(14-19)17-26(4)18(2)3/h6-12,14,18,24H,5,13,15-17H2,1-4H3. The molecule has 0 fully saturated rings. The van der Waals surface area contributed by atoms with Crippen molar-refractivity contribution < 1.29 is 0 Å². The van der Waals surface area contributed by atoms with Crippen molar-refractivity contribution in [3.05, 3.63) is 65.5 Å². The number of imidazole rings is 1. The Morgan fingerprint density at radius 3 is 2.59 bits per heavy atom. The summed E-state index contributed by atoms with van der Waals surface area (Å²) in [7, 11) is 2.17. The molecule has 4 nitrogen and oxygen atoms in total. The molecule has 0 saturated carbocycles. The molecule has 0 atom stereocenters. The lowest BCUT2D eigenvalue weighted by atomic mass is 10.1. The van der Waals surface area contributed by atoms with E-state index in [0.29, 0.717) is 6.04 Å². The summed E-state index contributed by atoms with van der Waals surface area (Å²) in [5, 5.41) is 3.58. The summed E-state index contributed by atoms with van der Waals surface area (Å²) in [6, 6.07) is 17.8. The number of aromatic nitrogens is 2. The second-order valence-electron chi connectivity index (χ2n) is 7.60. The van der Waals surface area contributed by atoms with Gasteiger partial charge >= 0.3 is 0 Å². The predicted molar refractivity (Wildman–Crippen MR) is 114 cm³/mol. The van der Waals surface area contributed by atoms with Gasteiger partial charge in [0.25, 0.3) is 0 Å². The first-order chi connectivity index (χ1) is 13.1. The number of fused-ring (bicyclic) bond motifs is 1. The molecule has 27 heavy (non-hydrogen) atoms. The maximum absolute atomic E-state index is 4.83. The average molecular weight is 365 g/mol. The summed E-state index contributed by atoms with van der Waals surface area (Å²) in [5.41, 5.74) is 5.00. The van der Waals surface area contributed by atoms with Crippen molar-refractivity contribution in [3.63, 3.8) is 0 Å².